The molecule has 3 nitrogen and oxygen atoms in total. The van der Waals surface area contributed by atoms with Gasteiger partial charge in [0.15, 0.2) is 0 Å². The molecule has 4 heteroatoms. The Balaban J connectivity index is 1.84. The van der Waals surface area contributed by atoms with E-state index in [-0.39, 0.29) is 18.5 Å². The molecule has 1 atom stereocenters. The number of carbonyl (C=O) groups is 1. The van der Waals surface area contributed by atoms with Crippen molar-refractivity contribution < 1.29 is 4.79 Å². The van der Waals surface area contributed by atoms with Crippen LogP contribution in [0.4, 0.5) is 5.69 Å². The van der Waals surface area contributed by atoms with E-state index in [4.69, 9.17) is 11.6 Å². The predicted molar refractivity (Wildman–Crippen MR) is 87.7 cm³/mol. The van der Waals surface area contributed by atoms with Gasteiger partial charge in [0.05, 0.1) is 6.54 Å². The summed E-state index contributed by atoms with van der Waals surface area (Å²) in [6, 6.07) is 15.5. The number of aryl methyl sites for hydroxylation is 1. The summed E-state index contributed by atoms with van der Waals surface area (Å²) in [4.78, 5) is 11.9. The van der Waals surface area contributed by atoms with E-state index in [1.807, 2.05) is 13.0 Å². The number of benzene rings is 2. The fourth-order valence-electron chi connectivity index (χ4n) is 1.99. The van der Waals surface area contributed by atoms with Crippen LogP contribution in [0.25, 0.3) is 0 Å². The summed E-state index contributed by atoms with van der Waals surface area (Å²) in [7, 11) is 0. The maximum absolute atomic E-state index is 11.9. The Labute approximate surface area is 130 Å². The van der Waals surface area contributed by atoms with Gasteiger partial charge in [0, 0.05) is 16.8 Å². The minimum absolute atomic E-state index is 0.0868. The van der Waals surface area contributed by atoms with Crippen LogP contribution in [-0.2, 0) is 4.79 Å². The molecule has 0 heterocycles. The van der Waals surface area contributed by atoms with Gasteiger partial charge in [-0.2, -0.15) is 0 Å². The van der Waals surface area contributed by atoms with Crippen LogP contribution in [0.15, 0.2) is 48.5 Å². The quantitative estimate of drug-likeness (QED) is 0.878. The molecule has 0 aliphatic heterocycles. The first-order valence-electron chi connectivity index (χ1n) is 6.90. The maximum Gasteiger partial charge on any atom is 0.238 e. The first-order chi connectivity index (χ1) is 10.0. The Morgan fingerprint density at radius 2 is 1.90 bits per heavy atom. The van der Waals surface area contributed by atoms with Crippen LogP contribution in [0.2, 0.25) is 5.02 Å². The second-order valence-electron chi connectivity index (χ2n) is 5.07. The van der Waals surface area contributed by atoms with Gasteiger partial charge in [-0.25, -0.2) is 0 Å². The minimum Gasteiger partial charge on any atom is -0.325 e. The van der Waals surface area contributed by atoms with Crippen molar-refractivity contribution in [1.82, 2.24) is 5.32 Å². The highest BCUT2D eigenvalue weighted by molar-refractivity contribution is 6.30. The molecular formula is C17H19ClN2O. The summed E-state index contributed by atoms with van der Waals surface area (Å²) < 4.78 is 0. The second-order valence-corrected chi connectivity index (χ2v) is 5.51. The number of hydrogen-bond donors (Lipinski definition) is 2. The summed E-state index contributed by atoms with van der Waals surface area (Å²) in [5.74, 6) is -0.0868. The molecule has 0 aromatic heterocycles. The molecule has 0 bridgehead atoms. The van der Waals surface area contributed by atoms with Gasteiger partial charge in [-0.3, -0.25) is 4.79 Å². The topological polar surface area (TPSA) is 41.1 Å². The van der Waals surface area contributed by atoms with E-state index in [0.717, 1.165) is 5.56 Å². The van der Waals surface area contributed by atoms with Gasteiger partial charge in [0.2, 0.25) is 5.91 Å². The van der Waals surface area contributed by atoms with E-state index in [1.54, 1.807) is 18.2 Å². The first kappa shape index (κ1) is 15.5. The van der Waals surface area contributed by atoms with Gasteiger partial charge in [0.25, 0.3) is 0 Å². The lowest BCUT2D eigenvalue weighted by Gasteiger charge is -2.14. The lowest BCUT2D eigenvalue weighted by atomic mass is 10.1. The number of amides is 1. The molecule has 0 saturated heterocycles. The lowest BCUT2D eigenvalue weighted by molar-refractivity contribution is -0.115. The molecule has 0 spiro atoms. The fourth-order valence-corrected chi connectivity index (χ4v) is 2.18. The van der Waals surface area contributed by atoms with Gasteiger partial charge in [-0.15, -0.1) is 0 Å². The van der Waals surface area contributed by atoms with Gasteiger partial charge in [-0.05, 0) is 37.6 Å². The van der Waals surface area contributed by atoms with Crippen molar-refractivity contribution in [1.29, 1.82) is 0 Å². The molecule has 0 saturated carbocycles. The highest BCUT2D eigenvalue weighted by Crippen LogP contribution is 2.15. The van der Waals surface area contributed by atoms with Crippen LogP contribution in [0.5, 0.6) is 0 Å². The van der Waals surface area contributed by atoms with Crippen molar-refractivity contribution in [2.45, 2.75) is 19.9 Å². The maximum atomic E-state index is 11.9. The van der Waals surface area contributed by atoms with Gasteiger partial charge >= 0.3 is 0 Å². The average molecular weight is 303 g/mol. The standard InChI is InChI=1S/C17H19ClN2O/c1-12-6-8-14(9-7-12)13(2)19-11-17(21)20-16-5-3-4-15(18)10-16/h3-10,13,19H,11H2,1-2H3,(H,20,21)/t13-/m1/s1. The SMILES string of the molecule is Cc1ccc([C@@H](C)NCC(=O)Nc2cccc(Cl)c2)cc1. The zero-order valence-electron chi connectivity index (χ0n) is 12.2. The summed E-state index contributed by atoms with van der Waals surface area (Å²) in [5.41, 5.74) is 3.10. The number of halogens is 1. The zero-order chi connectivity index (χ0) is 15.2. The van der Waals surface area contributed by atoms with Crippen LogP contribution in [-0.4, -0.2) is 12.5 Å². The van der Waals surface area contributed by atoms with Crippen molar-refractivity contribution in [2.75, 3.05) is 11.9 Å². The average Bonchev–Trinajstić information content (AvgIpc) is 2.45. The summed E-state index contributed by atoms with van der Waals surface area (Å²) in [5, 5.41) is 6.63. The number of nitrogens with one attached hydrogen (secondary N) is 2. The third-order valence-corrected chi connectivity index (χ3v) is 3.49. The zero-order valence-corrected chi connectivity index (χ0v) is 12.9. The predicted octanol–water partition coefficient (Wildman–Crippen LogP) is 3.94. The van der Waals surface area contributed by atoms with Crippen molar-refractivity contribution in [3.63, 3.8) is 0 Å². The first-order valence-corrected chi connectivity index (χ1v) is 7.28. The van der Waals surface area contributed by atoms with Crippen LogP contribution in [0, 0.1) is 6.92 Å². The van der Waals surface area contributed by atoms with E-state index in [1.165, 1.54) is 5.56 Å². The number of carbonyl (C=O) groups excluding carboxylic acids is 1. The highest BCUT2D eigenvalue weighted by Gasteiger charge is 2.08. The smallest absolute Gasteiger partial charge is 0.238 e. The van der Waals surface area contributed by atoms with E-state index in [2.05, 4.69) is 41.8 Å². The van der Waals surface area contributed by atoms with E-state index < -0.39 is 0 Å². The molecule has 2 rings (SSSR count). The second kappa shape index (κ2) is 7.25. The van der Waals surface area contributed by atoms with Crippen LogP contribution >= 0.6 is 11.6 Å². The molecule has 110 valence electrons. The van der Waals surface area contributed by atoms with Crippen LogP contribution in [0.1, 0.15) is 24.1 Å². The largest absolute Gasteiger partial charge is 0.325 e. The Kier molecular flexibility index (Phi) is 5.37. The minimum atomic E-state index is -0.0868. The van der Waals surface area contributed by atoms with Gasteiger partial charge in [0.1, 0.15) is 0 Å². The van der Waals surface area contributed by atoms with Crippen molar-refractivity contribution in [3.8, 4) is 0 Å². The van der Waals surface area contributed by atoms with Crippen molar-refractivity contribution >= 4 is 23.2 Å². The lowest BCUT2D eigenvalue weighted by Crippen LogP contribution is -2.30. The van der Waals surface area contributed by atoms with E-state index in [9.17, 15) is 4.79 Å². The van der Waals surface area contributed by atoms with Gasteiger partial charge in [-0.1, -0.05) is 47.5 Å². The molecule has 2 aromatic rings. The molecule has 1 amide bonds. The summed E-state index contributed by atoms with van der Waals surface area (Å²) >= 11 is 5.88. The van der Waals surface area contributed by atoms with E-state index in [0.29, 0.717) is 10.7 Å². The Bertz CT molecular complexity index is 610. The monoisotopic (exact) mass is 302 g/mol. The molecule has 21 heavy (non-hydrogen) atoms. The molecular weight excluding hydrogens is 284 g/mol. The molecule has 0 radical (unpaired) electrons. The van der Waals surface area contributed by atoms with Crippen LogP contribution < -0.4 is 10.6 Å². The molecule has 0 unspecified atom stereocenters. The fraction of sp³-hybridized carbons (Fsp3) is 0.235. The van der Waals surface area contributed by atoms with Crippen molar-refractivity contribution in [3.05, 3.63) is 64.7 Å². The third-order valence-electron chi connectivity index (χ3n) is 3.25. The highest BCUT2D eigenvalue weighted by atomic mass is 35.5. The van der Waals surface area contributed by atoms with Gasteiger partial charge < -0.3 is 10.6 Å². The third kappa shape index (κ3) is 4.88. The summed E-state index contributed by atoms with van der Waals surface area (Å²) in [6.07, 6.45) is 0. The molecule has 2 N–H and O–H groups in total. The summed E-state index contributed by atoms with van der Waals surface area (Å²) in [6.45, 7) is 4.35. The van der Waals surface area contributed by atoms with E-state index >= 15 is 0 Å². The molecule has 0 aliphatic carbocycles. The van der Waals surface area contributed by atoms with Crippen LogP contribution in [0.3, 0.4) is 0 Å². The number of rotatable bonds is 5. The Morgan fingerprint density at radius 1 is 1.19 bits per heavy atom. The molecule has 2 aromatic carbocycles. The number of anilines is 1. The Hall–Kier alpha value is -1.84. The number of hydrogen-bond acceptors (Lipinski definition) is 2. The van der Waals surface area contributed by atoms with Crippen molar-refractivity contribution in [2.24, 2.45) is 0 Å². The molecule has 0 fully saturated rings. The normalized spacial score (nSPS) is 12.0. The molecule has 0 aliphatic rings. The Morgan fingerprint density at radius 3 is 2.57 bits per heavy atom.